The molecule has 200 valence electrons. The van der Waals surface area contributed by atoms with Crippen LogP contribution in [-0.4, -0.2) is 76.3 Å². The fourth-order valence-electron chi connectivity index (χ4n) is 3.94. The summed E-state index contributed by atoms with van der Waals surface area (Å²) in [4.78, 5) is 50.7. The van der Waals surface area contributed by atoms with E-state index in [0.717, 1.165) is 0 Å². The van der Waals surface area contributed by atoms with E-state index >= 15 is 0 Å². The number of carbonyl (C=O) groups excluding carboxylic acids is 3. The third kappa shape index (κ3) is 6.43. The Kier molecular flexibility index (Phi) is 9.65. The van der Waals surface area contributed by atoms with Crippen molar-refractivity contribution < 1.29 is 39.2 Å². The predicted molar refractivity (Wildman–Crippen MR) is 129 cm³/mol. The minimum Gasteiger partial charge on any atom is -0.504 e. The molecule has 1 aliphatic rings. The molecule has 12 nitrogen and oxygen atoms in total. The van der Waals surface area contributed by atoms with E-state index in [1.165, 1.54) is 32.2 Å². The molecule has 7 N–H and O–H groups in total. The smallest absolute Gasteiger partial charge is 0.322 e. The van der Waals surface area contributed by atoms with E-state index < -0.39 is 60.1 Å². The zero-order chi connectivity index (χ0) is 27.2. The summed E-state index contributed by atoms with van der Waals surface area (Å²) in [6, 6.07) is 0.456. The molecule has 0 saturated heterocycles. The fraction of sp³-hybridized carbons (Fsp3) is 0.583. The molecular weight excluding hydrogens is 472 g/mol. The van der Waals surface area contributed by atoms with Crippen LogP contribution in [0.2, 0.25) is 0 Å². The summed E-state index contributed by atoms with van der Waals surface area (Å²) in [5.41, 5.74) is -1.21. The van der Waals surface area contributed by atoms with Gasteiger partial charge in [-0.2, -0.15) is 0 Å². The van der Waals surface area contributed by atoms with Gasteiger partial charge >= 0.3 is 5.97 Å². The highest BCUT2D eigenvalue weighted by atomic mass is 16.5. The largest absolute Gasteiger partial charge is 0.504 e. The van der Waals surface area contributed by atoms with E-state index in [9.17, 15) is 29.4 Å². The molecule has 2 rings (SSSR count). The number of aliphatic hydroxyl groups is 1. The van der Waals surface area contributed by atoms with Crippen LogP contribution in [0.3, 0.4) is 0 Å². The Morgan fingerprint density at radius 3 is 2.42 bits per heavy atom. The summed E-state index contributed by atoms with van der Waals surface area (Å²) in [6.45, 7) is 6.13. The van der Waals surface area contributed by atoms with E-state index in [1.807, 2.05) is 6.92 Å². The van der Waals surface area contributed by atoms with Crippen LogP contribution in [0, 0.1) is 5.92 Å². The standard InChI is InChI=1S/C24H36N4O8/c1-6-12(3)17-21(33)28-20(23(35)26-11-16(30)31)24(4,7-2)36-15-10-13(8-9-14(15)29)19(32)18(25-5)22(34)27-17/h8-10,12,17-20,25,29,32H,6-7,11H2,1-5H3,(H,26,35)(H,27,34)(H,28,33)(H,30,31)/t12?,17-,18-,19+,20+,24+/m0/s1. The molecule has 6 atom stereocenters. The second kappa shape index (κ2) is 12.0. The Morgan fingerprint density at radius 1 is 1.19 bits per heavy atom. The second-order valence-corrected chi connectivity index (χ2v) is 9.13. The first-order valence-corrected chi connectivity index (χ1v) is 11.9. The van der Waals surface area contributed by atoms with Gasteiger partial charge in [-0.05, 0) is 44.0 Å². The third-order valence-corrected chi connectivity index (χ3v) is 6.65. The quantitative estimate of drug-likeness (QED) is 0.262. The number of phenols is 1. The number of aromatic hydroxyl groups is 1. The molecule has 1 aromatic rings. The lowest BCUT2D eigenvalue weighted by atomic mass is 9.90. The van der Waals surface area contributed by atoms with Crippen LogP contribution in [0.1, 0.15) is 52.2 Å². The molecule has 36 heavy (non-hydrogen) atoms. The van der Waals surface area contributed by atoms with Crippen LogP contribution in [-0.2, 0) is 19.2 Å². The Labute approximate surface area is 209 Å². The molecule has 3 amide bonds. The number of rotatable bonds is 7. The topological polar surface area (TPSA) is 186 Å². The minimum absolute atomic E-state index is 0.0887. The highest BCUT2D eigenvalue weighted by Crippen LogP contribution is 2.35. The van der Waals surface area contributed by atoms with Crippen LogP contribution in [0.25, 0.3) is 0 Å². The van der Waals surface area contributed by atoms with Crippen molar-refractivity contribution in [3.63, 3.8) is 0 Å². The van der Waals surface area contributed by atoms with Gasteiger partial charge in [0.1, 0.15) is 36.4 Å². The number of benzene rings is 1. The Bertz CT molecular complexity index is 987. The maximum Gasteiger partial charge on any atom is 0.322 e. The van der Waals surface area contributed by atoms with Crippen LogP contribution < -0.4 is 26.0 Å². The lowest BCUT2D eigenvalue weighted by Gasteiger charge is -2.38. The molecule has 12 heteroatoms. The fourth-order valence-corrected chi connectivity index (χ4v) is 3.94. The van der Waals surface area contributed by atoms with E-state index in [0.29, 0.717) is 6.42 Å². The van der Waals surface area contributed by atoms with Crippen LogP contribution >= 0.6 is 0 Å². The average molecular weight is 509 g/mol. The molecular formula is C24H36N4O8. The van der Waals surface area contributed by atoms with Crippen molar-refractivity contribution in [1.29, 1.82) is 0 Å². The molecule has 1 heterocycles. The van der Waals surface area contributed by atoms with Gasteiger partial charge in [-0.15, -0.1) is 0 Å². The molecule has 0 aromatic heterocycles. The molecule has 0 radical (unpaired) electrons. The molecule has 0 saturated carbocycles. The minimum atomic E-state index is -1.46. The number of hydrogen-bond donors (Lipinski definition) is 7. The van der Waals surface area contributed by atoms with Crippen molar-refractivity contribution in [2.45, 2.75) is 70.4 Å². The average Bonchev–Trinajstić information content (AvgIpc) is 2.84. The highest BCUT2D eigenvalue weighted by Gasteiger charge is 2.44. The zero-order valence-electron chi connectivity index (χ0n) is 21.1. The molecule has 2 bridgehead atoms. The maximum atomic E-state index is 13.4. The first kappa shape index (κ1) is 28.9. The number of hydrogen-bond acceptors (Lipinski definition) is 8. The molecule has 0 spiro atoms. The number of nitrogens with one attached hydrogen (secondary N) is 4. The molecule has 0 aliphatic carbocycles. The van der Waals surface area contributed by atoms with Gasteiger partial charge in [0.25, 0.3) is 0 Å². The number of carbonyl (C=O) groups is 4. The first-order valence-electron chi connectivity index (χ1n) is 11.9. The number of aliphatic hydroxyl groups excluding tert-OH is 1. The van der Waals surface area contributed by atoms with E-state index in [4.69, 9.17) is 9.84 Å². The second-order valence-electron chi connectivity index (χ2n) is 9.13. The lowest BCUT2D eigenvalue weighted by Crippen LogP contribution is -2.65. The van der Waals surface area contributed by atoms with E-state index in [1.54, 1.807) is 13.8 Å². The summed E-state index contributed by atoms with van der Waals surface area (Å²) in [7, 11) is 1.48. The number of amides is 3. The summed E-state index contributed by atoms with van der Waals surface area (Å²) in [5, 5.41) is 40.8. The number of carboxylic acids is 1. The summed E-state index contributed by atoms with van der Waals surface area (Å²) in [6.07, 6.45) is -0.691. The first-order chi connectivity index (χ1) is 16.9. The molecule has 1 aliphatic heterocycles. The number of fused-ring (bicyclic) bond motifs is 2. The van der Waals surface area contributed by atoms with Gasteiger partial charge in [0.05, 0.1) is 0 Å². The number of ether oxygens (including phenoxy) is 1. The number of aliphatic carboxylic acids is 1. The predicted octanol–water partition coefficient (Wildman–Crippen LogP) is -0.209. The summed E-state index contributed by atoms with van der Waals surface area (Å²) >= 11 is 0. The maximum absolute atomic E-state index is 13.4. The molecule has 0 fully saturated rings. The van der Waals surface area contributed by atoms with Gasteiger partial charge < -0.3 is 41.3 Å². The van der Waals surface area contributed by atoms with Gasteiger partial charge in [-0.3, -0.25) is 19.2 Å². The van der Waals surface area contributed by atoms with Crippen molar-refractivity contribution in [2.75, 3.05) is 13.6 Å². The van der Waals surface area contributed by atoms with Crippen molar-refractivity contribution in [1.82, 2.24) is 21.3 Å². The van der Waals surface area contributed by atoms with Gasteiger partial charge in [0.2, 0.25) is 17.7 Å². The van der Waals surface area contributed by atoms with E-state index in [-0.39, 0.29) is 29.4 Å². The Balaban J connectivity index is 2.68. The number of phenolic OH excluding ortho intramolecular Hbond substituents is 1. The Morgan fingerprint density at radius 2 is 1.86 bits per heavy atom. The van der Waals surface area contributed by atoms with Crippen molar-refractivity contribution in [3.8, 4) is 11.5 Å². The van der Waals surface area contributed by atoms with Gasteiger partial charge in [0, 0.05) is 0 Å². The SMILES string of the molecule is CCC(C)[C@@H]1NC(=O)[C@@H](NC)[C@H](O)c2ccc(O)c(c2)O[C@](C)(CC)[C@@H](C(=O)NCC(=O)O)NC1=O. The lowest BCUT2D eigenvalue weighted by molar-refractivity contribution is -0.141. The third-order valence-electron chi connectivity index (χ3n) is 6.65. The van der Waals surface area contributed by atoms with Crippen molar-refractivity contribution in [2.24, 2.45) is 5.92 Å². The summed E-state index contributed by atoms with van der Waals surface area (Å²) in [5.74, 6) is -4.16. The molecule has 1 aromatic carbocycles. The number of carboxylic acid groups (broad SMARTS) is 1. The zero-order valence-corrected chi connectivity index (χ0v) is 21.1. The van der Waals surface area contributed by atoms with Crippen LogP contribution in [0.15, 0.2) is 18.2 Å². The molecule has 1 unspecified atom stereocenters. The van der Waals surface area contributed by atoms with E-state index in [2.05, 4.69) is 21.3 Å². The number of likely N-dealkylation sites (N-methyl/N-ethyl adjacent to an activating group) is 1. The van der Waals surface area contributed by atoms with Gasteiger partial charge in [0.15, 0.2) is 11.5 Å². The van der Waals surface area contributed by atoms with Gasteiger partial charge in [-0.25, -0.2) is 0 Å². The van der Waals surface area contributed by atoms with Crippen LogP contribution in [0.5, 0.6) is 11.5 Å². The van der Waals surface area contributed by atoms with Gasteiger partial charge in [-0.1, -0.05) is 33.3 Å². The Hall–Kier alpha value is -3.38. The normalized spacial score (nSPS) is 27.7. The van der Waals surface area contributed by atoms with Crippen LogP contribution in [0.4, 0.5) is 0 Å². The van der Waals surface area contributed by atoms with Crippen molar-refractivity contribution >= 4 is 23.7 Å². The highest BCUT2D eigenvalue weighted by molar-refractivity contribution is 5.94. The summed E-state index contributed by atoms with van der Waals surface area (Å²) < 4.78 is 6.08. The monoisotopic (exact) mass is 508 g/mol. The van der Waals surface area contributed by atoms with Crippen molar-refractivity contribution in [3.05, 3.63) is 23.8 Å².